The first-order chi connectivity index (χ1) is 10.8. The fraction of sp³-hybridized carbons (Fsp3) is 0.118. The van der Waals surface area contributed by atoms with Gasteiger partial charge in [-0.2, -0.15) is 5.10 Å². The summed E-state index contributed by atoms with van der Waals surface area (Å²) < 4.78 is 1.72. The minimum atomic E-state index is -0.136. The SMILES string of the molecule is CCNC(=O)c1cn(-c2ccccc2)nc1-c1cccnc1. The van der Waals surface area contributed by atoms with Crippen LogP contribution in [-0.2, 0) is 0 Å². The van der Waals surface area contributed by atoms with E-state index in [0.717, 1.165) is 11.3 Å². The van der Waals surface area contributed by atoms with E-state index in [9.17, 15) is 4.79 Å². The largest absolute Gasteiger partial charge is 0.352 e. The molecule has 1 amide bonds. The first-order valence-electron chi connectivity index (χ1n) is 7.13. The van der Waals surface area contributed by atoms with Crippen LogP contribution in [0.4, 0.5) is 0 Å². The van der Waals surface area contributed by atoms with Crippen LogP contribution in [0.15, 0.2) is 61.1 Å². The van der Waals surface area contributed by atoms with E-state index in [1.54, 1.807) is 23.3 Å². The third-order valence-electron chi connectivity index (χ3n) is 3.25. The van der Waals surface area contributed by atoms with E-state index in [-0.39, 0.29) is 5.91 Å². The quantitative estimate of drug-likeness (QED) is 0.804. The Bertz CT molecular complexity index is 766. The summed E-state index contributed by atoms with van der Waals surface area (Å²) in [5.41, 5.74) is 2.89. The highest BCUT2D eigenvalue weighted by Crippen LogP contribution is 2.22. The van der Waals surface area contributed by atoms with Gasteiger partial charge in [0.2, 0.25) is 0 Å². The van der Waals surface area contributed by atoms with E-state index in [1.165, 1.54) is 0 Å². The number of pyridine rings is 1. The molecule has 0 aliphatic heterocycles. The second-order valence-corrected chi connectivity index (χ2v) is 4.77. The van der Waals surface area contributed by atoms with Crippen molar-refractivity contribution < 1.29 is 4.79 Å². The van der Waals surface area contributed by atoms with Gasteiger partial charge < -0.3 is 5.32 Å². The molecule has 0 radical (unpaired) electrons. The van der Waals surface area contributed by atoms with Crippen LogP contribution in [0.25, 0.3) is 16.9 Å². The average molecular weight is 292 g/mol. The molecule has 0 bridgehead atoms. The van der Waals surface area contributed by atoms with Crippen molar-refractivity contribution in [2.24, 2.45) is 0 Å². The molecule has 2 heterocycles. The van der Waals surface area contributed by atoms with Crippen LogP contribution in [0.3, 0.4) is 0 Å². The Labute approximate surface area is 128 Å². The molecule has 0 saturated carbocycles. The molecular weight excluding hydrogens is 276 g/mol. The van der Waals surface area contributed by atoms with Crippen LogP contribution in [0.5, 0.6) is 0 Å². The molecule has 1 aromatic carbocycles. The van der Waals surface area contributed by atoms with Crippen LogP contribution in [0.2, 0.25) is 0 Å². The smallest absolute Gasteiger partial charge is 0.255 e. The molecule has 3 rings (SSSR count). The number of carbonyl (C=O) groups is 1. The van der Waals surface area contributed by atoms with Crippen molar-refractivity contribution in [3.63, 3.8) is 0 Å². The van der Waals surface area contributed by atoms with Gasteiger partial charge in [0.25, 0.3) is 5.91 Å². The number of benzene rings is 1. The summed E-state index contributed by atoms with van der Waals surface area (Å²) in [7, 11) is 0. The molecule has 0 unspecified atom stereocenters. The molecule has 0 fully saturated rings. The number of aromatic nitrogens is 3. The highest BCUT2D eigenvalue weighted by molar-refractivity contribution is 5.99. The van der Waals surface area contributed by atoms with Crippen LogP contribution in [0.1, 0.15) is 17.3 Å². The predicted octanol–water partition coefficient (Wildman–Crippen LogP) is 2.68. The number of nitrogens with zero attached hydrogens (tertiary/aromatic N) is 3. The van der Waals surface area contributed by atoms with Gasteiger partial charge in [0.1, 0.15) is 5.69 Å². The zero-order valence-electron chi connectivity index (χ0n) is 12.2. The highest BCUT2D eigenvalue weighted by atomic mass is 16.1. The Hall–Kier alpha value is -2.95. The molecule has 0 aliphatic rings. The lowest BCUT2D eigenvalue weighted by Crippen LogP contribution is -2.22. The van der Waals surface area contributed by atoms with Gasteiger partial charge in [-0.15, -0.1) is 0 Å². The highest BCUT2D eigenvalue weighted by Gasteiger charge is 2.18. The molecule has 22 heavy (non-hydrogen) atoms. The normalized spacial score (nSPS) is 10.4. The topological polar surface area (TPSA) is 59.8 Å². The molecule has 3 aromatic rings. The van der Waals surface area contributed by atoms with Gasteiger partial charge in [-0.1, -0.05) is 18.2 Å². The lowest BCUT2D eigenvalue weighted by molar-refractivity contribution is 0.0956. The van der Waals surface area contributed by atoms with Gasteiger partial charge in [0.15, 0.2) is 0 Å². The number of rotatable bonds is 4. The van der Waals surface area contributed by atoms with E-state index >= 15 is 0 Å². The van der Waals surface area contributed by atoms with Crippen molar-refractivity contribution in [1.29, 1.82) is 0 Å². The fourth-order valence-corrected chi connectivity index (χ4v) is 2.22. The molecule has 0 aliphatic carbocycles. The lowest BCUT2D eigenvalue weighted by Gasteiger charge is -2.01. The summed E-state index contributed by atoms with van der Waals surface area (Å²) in [5.74, 6) is -0.136. The zero-order chi connectivity index (χ0) is 15.4. The van der Waals surface area contributed by atoms with Gasteiger partial charge in [-0.05, 0) is 31.2 Å². The first kappa shape index (κ1) is 14.0. The number of hydrogen-bond acceptors (Lipinski definition) is 3. The van der Waals surface area contributed by atoms with Crippen molar-refractivity contribution in [2.45, 2.75) is 6.92 Å². The Balaban J connectivity index is 2.11. The molecule has 0 saturated heterocycles. The Morgan fingerprint density at radius 2 is 2.00 bits per heavy atom. The third-order valence-corrected chi connectivity index (χ3v) is 3.25. The summed E-state index contributed by atoms with van der Waals surface area (Å²) >= 11 is 0. The lowest BCUT2D eigenvalue weighted by atomic mass is 10.1. The van der Waals surface area contributed by atoms with Gasteiger partial charge in [-0.3, -0.25) is 9.78 Å². The zero-order valence-corrected chi connectivity index (χ0v) is 12.2. The van der Waals surface area contributed by atoms with E-state index in [4.69, 9.17) is 0 Å². The number of amides is 1. The molecule has 0 spiro atoms. The van der Waals surface area contributed by atoms with Gasteiger partial charge in [0, 0.05) is 30.7 Å². The van der Waals surface area contributed by atoms with Crippen molar-refractivity contribution in [3.05, 3.63) is 66.6 Å². The Morgan fingerprint density at radius 1 is 1.18 bits per heavy atom. The summed E-state index contributed by atoms with van der Waals surface area (Å²) in [4.78, 5) is 16.4. The number of hydrogen-bond donors (Lipinski definition) is 1. The van der Waals surface area contributed by atoms with E-state index < -0.39 is 0 Å². The summed E-state index contributed by atoms with van der Waals surface area (Å²) in [6.45, 7) is 2.46. The van der Waals surface area contributed by atoms with Crippen LogP contribution >= 0.6 is 0 Å². The second kappa shape index (κ2) is 6.22. The maximum absolute atomic E-state index is 12.3. The summed E-state index contributed by atoms with van der Waals surface area (Å²) in [5, 5.41) is 7.39. The van der Waals surface area contributed by atoms with Gasteiger partial charge in [-0.25, -0.2) is 4.68 Å². The van der Waals surface area contributed by atoms with Crippen LogP contribution in [-0.4, -0.2) is 27.2 Å². The molecular formula is C17H16N4O. The van der Waals surface area contributed by atoms with Gasteiger partial charge in [0.05, 0.1) is 11.3 Å². The van der Waals surface area contributed by atoms with E-state index in [1.807, 2.05) is 49.4 Å². The maximum atomic E-state index is 12.3. The number of para-hydroxylation sites is 1. The van der Waals surface area contributed by atoms with Crippen molar-refractivity contribution in [1.82, 2.24) is 20.1 Å². The van der Waals surface area contributed by atoms with E-state index in [0.29, 0.717) is 17.8 Å². The second-order valence-electron chi connectivity index (χ2n) is 4.77. The minimum absolute atomic E-state index is 0.136. The molecule has 0 atom stereocenters. The summed E-state index contributed by atoms with van der Waals surface area (Å²) in [6.07, 6.45) is 5.16. The van der Waals surface area contributed by atoms with Crippen molar-refractivity contribution >= 4 is 5.91 Å². The number of carbonyl (C=O) groups excluding carboxylic acids is 1. The fourth-order valence-electron chi connectivity index (χ4n) is 2.22. The molecule has 5 heteroatoms. The standard InChI is InChI=1S/C17H16N4O/c1-2-19-17(22)15-12-21(14-8-4-3-5-9-14)20-16(15)13-7-6-10-18-11-13/h3-12H,2H2,1H3,(H,19,22). The Kier molecular flexibility index (Phi) is 3.96. The van der Waals surface area contributed by atoms with Crippen molar-refractivity contribution in [2.75, 3.05) is 6.54 Å². The average Bonchev–Trinajstić information content (AvgIpc) is 3.02. The third kappa shape index (κ3) is 2.74. The summed E-state index contributed by atoms with van der Waals surface area (Å²) in [6, 6.07) is 13.4. The van der Waals surface area contributed by atoms with Gasteiger partial charge >= 0.3 is 0 Å². The molecule has 5 nitrogen and oxygen atoms in total. The first-order valence-corrected chi connectivity index (χ1v) is 7.13. The monoisotopic (exact) mass is 292 g/mol. The Morgan fingerprint density at radius 3 is 2.68 bits per heavy atom. The molecule has 2 aromatic heterocycles. The van der Waals surface area contributed by atoms with Crippen LogP contribution in [0, 0.1) is 0 Å². The van der Waals surface area contributed by atoms with Crippen molar-refractivity contribution in [3.8, 4) is 16.9 Å². The predicted molar refractivity (Wildman–Crippen MR) is 84.8 cm³/mol. The van der Waals surface area contributed by atoms with Crippen LogP contribution < -0.4 is 5.32 Å². The molecule has 1 N–H and O–H groups in total. The van der Waals surface area contributed by atoms with E-state index in [2.05, 4.69) is 15.4 Å². The minimum Gasteiger partial charge on any atom is -0.352 e. The maximum Gasteiger partial charge on any atom is 0.255 e. The number of nitrogens with one attached hydrogen (secondary N) is 1. The molecule has 110 valence electrons.